The lowest BCUT2D eigenvalue weighted by Gasteiger charge is -2.09. The maximum atomic E-state index is 12.8. The molecule has 3 aromatic rings. The van der Waals surface area contributed by atoms with E-state index in [1.54, 1.807) is 0 Å². The van der Waals surface area contributed by atoms with Gasteiger partial charge in [-0.25, -0.2) is 0 Å². The monoisotopic (exact) mass is 304 g/mol. The van der Waals surface area contributed by atoms with Gasteiger partial charge in [0.25, 0.3) is 0 Å². The summed E-state index contributed by atoms with van der Waals surface area (Å²) in [6, 6.07) is 19.7. The lowest BCUT2D eigenvalue weighted by atomic mass is 9.94. The van der Waals surface area contributed by atoms with Crippen LogP contribution in [0.5, 0.6) is 0 Å². The summed E-state index contributed by atoms with van der Waals surface area (Å²) in [4.78, 5) is 12.8. The predicted octanol–water partition coefficient (Wildman–Crippen LogP) is 5.53. The zero-order chi connectivity index (χ0) is 15.3. The molecule has 0 atom stereocenters. The summed E-state index contributed by atoms with van der Waals surface area (Å²) in [5.74, 6) is 0.105. The highest BCUT2D eigenvalue weighted by atomic mass is 35.5. The lowest BCUT2D eigenvalue weighted by Crippen LogP contribution is -1.98. The number of halogens is 1. The van der Waals surface area contributed by atoms with Crippen LogP contribution in [0.2, 0.25) is 5.02 Å². The molecule has 3 aromatic carbocycles. The Morgan fingerprint density at radius 3 is 2.23 bits per heavy atom. The number of aryl methyl sites for hydroxylation is 1. The average molecular weight is 305 g/mol. The Labute approximate surface area is 134 Å². The van der Waals surface area contributed by atoms with Gasteiger partial charge in [-0.15, -0.1) is 0 Å². The fourth-order valence-corrected chi connectivity index (χ4v) is 3.24. The van der Waals surface area contributed by atoms with Crippen LogP contribution in [0.4, 0.5) is 0 Å². The van der Waals surface area contributed by atoms with E-state index in [-0.39, 0.29) is 5.78 Å². The predicted molar refractivity (Wildman–Crippen MR) is 90.5 cm³/mol. The molecular formula is C20H13ClO. The third-order valence-electron chi connectivity index (χ3n) is 4.22. The summed E-state index contributed by atoms with van der Waals surface area (Å²) in [5.41, 5.74) is 6.64. The van der Waals surface area contributed by atoms with Gasteiger partial charge in [0.2, 0.25) is 0 Å². The van der Waals surface area contributed by atoms with Crippen molar-refractivity contribution in [3.05, 3.63) is 82.4 Å². The molecule has 2 heteroatoms. The average Bonchev–Trinajstić information content (AvgIpc) is 2.84. The molecule has 0 aromatic heterocycles. The minimum Gasteiger partial charge on any atom is -0.289 e. The number of benzene rings is 3. The number of carbonyl (C=O) groups is 1. The van der Waals surface area contributed by atoms with Crippen molar-refractivity contribution in [3.8, 4) is 22.3 Å². The Hall–Kier alpha value is -2.38. The highest BCUT2D eigenvalue weighted by Crippen LogP contribution is 2.41. The SMILES string of the molecule is Cc1cc(-c2cccc3c2C(=O)c2ccccc2-3)ccc1Cl. The van der Waals surface area contributed by atoms with Crippen LogP contribution in [0.25, 0.3) is 22.3 Å². The summed E-state index contributed by atoms with van der Waals surface area (Å²) < 4.78 is 0. The van der Waals surface area contributed by atoms with E-state index < -0.39 is 0 Å². The minimum atomic E-state index is 0.105. The van der Waals surface area contributed by atoms with E-state index in [0.717, 1.165) is 44.0 Å². The number of hydrogen-bond donors (Lipinski definition) is 0. The van der Waals surface area contributed by atoms with Gasteiger partial charge < -0.3 is 0 Å². The molecule has 1 aliphatic rings. The molecule has 0 N–H and O–H groups in total. The van der Waals surface area contributed by atoms with Crippen LogP contribution in [-0.2, 0) is 0 Å². The van der Waals surface area contributed by atoms with Gasteiger partial charge in [0.15, 0.2) is 5.78 Å². The molecule has 0 aliphatic heterocycles. The smallest absolute Gasteiger partial charge is 0.194 e. The molecule has 106 valence electrons. The van der Waals surface area contributed by atoms with Crippen molar-refractivity contribution < 1.29 is 4.79 Å². The van der Waals surface area contributed by atoms with Crippen LogP contribution in [0.15, 0.2) is 60.7 Å². The van der Waals surface area contributed by atoms with Crippen LogP contribution in [0.3, 0.4) is 0 Å². The largest absolute Gasteiger partial charge is 0.289 e. The molecule has 0 fully saturated rings. The van der Waals surface area contributed by atoms with Gasteiger partial charge in [0, 0.05) is 16.1 Å². The van der Waals surface area contributed by atoms with Crippen molar-refractivity contribution in [1.82, 2.24) is 0 Å². The van der Waals surface area contributed by atoms with E-state index in [0.29, 0.717) is 0 Å². The van der Waals surface area contributed by atoms with Gasteiger partial charge in [-0.2, -0.15) is 0 Å². The molecule has 0 spiro atoms. The van der Waals surface area contributed by atoms with Gasteiger partial charge in [0.1, 0.15) is 0 Å². The van der Waals surface area contributed by atoms with Crippen LogP contribution in [0.1, 0.15) is 21.5 Å². The Kier molecular flexibility index (Phi) is 2.91. The quantitative estimate of drug-likeness (QED) is 0.452. The van der Waals surface area contributed by atoms with E-state index in [4.69, 9.17) is 11.6 Å². The van der Waals surface area contributed by atoms with Crippen molar-refractivity contribution >= 4 is 17.4 Å². The minimum absolute atomic E-state index is 0.105. The molecule has 1 aliphatic carbocycles. The molecule has 0 radical (unpaired) electrons. The molecule has 0 unspecified atom stereocenters. The number of ketones is 1. The lowest BCUT2D eigenvalue weighted by molar-refractivity contribution is 0.104. The molecule has 0 amide bonds. The van der Waals surface area contributed by atoms with Crippen molar-refractivity contribution in [3.63, 3.8) is 0 Å². The van der Waals surface area contributed by atoms with Crippen molar-refractivity contribution in [1.29, 1.82) is 0 Å². The number of rotatable bonds is 1. The topological polar surface area (TPSA) is 17.1 Å². The zero-order valence-electron chi connectivity index (χ0n) is 12.1. The summed E-state index contributed by atoms with van der Waals surface area (Å²) >= 11 is 6.12. The van der Waals surface area contributed by atoms with Crippen molar-refractivity contribution in [2.75, 3.05) is 0 Å². The second kappa shape index (κ2) is 4.82. The standard InChI is InChI=1S/C20H13ClO/c1-12-11-13(9-10-18(12)21)14-7-4-8-16-15-5-2-3-6-17(15)20(22)19(14)16/h2-11H,1H3. The number of carbonyl (C=O) groups excluding carboxylic acids is 1. The molecule has 0 saturated carbocycles. The second-order valence-corrected chi connectivity index (χ2v) is 5.97. The molecule has 1 nitrogen and oxygen atoms in total. The van der Waals surface area contributed by atoms with Crippen molar-refractivity contribution in [2.45, 2.75) is 6.92 Å². The normalized spacial score (nSPS) is 12.2. The maximum absolute atomic E-state index is 12.8. The highest BCUT2D eigenvalue weighted by molar-refractivity contribution is 6.31. The third-order valence-corrected chi connectivity index (χ3v) is 4.65. The summed E-state index contributed by atoms with van der Waals surface area (Å²) in [6.07, 6.45) is 0. The summed E-state index contributed by atoms with van der Waals surface area (Å²) in [6.45, 7) is 1.98. The zero-order valence-corrected chi connectivity index (χ0v) is 12.8. The highest BCUT2D eigenvalue weighted by Gasteiger charge is 2.28. The van der Waals surface area contributed by atoms with Crippen LogP contribution in [0, 0.1) is 6.92 Å². The number of fused-ring (bicyclic) bond motifs is 3. The van der Waals surface area contributed by atoms with Gasteiger partial charge in [-0.1, -0.05) is 60.1 Å². The summed E-state index contributed by atoms with van der Waals surface area (Å²) in [7, 11) is 0. The van der Waals surface area contributed by atoms with Crippen LogP contribution in [-0.4, -0.2) is 5.78 Å². The fourth-order valence-electron chi connectivity index (χ4n) is 3.12. The van der Waals surface area contributed by atoms with Crippen LogP contribution < -0.4 is 0 Å². The first kappa shape index (κ1) is 13.3. The van der Waals surface area contributed by atoms with Gasteiger partial charge in [0.05, 0.1) is 0 Å². The molecule has 22 heavy (non-hydrogen) atoms. The fraction of sp³-hybridized carbons (Fsp3) is 0.0500. The Morgan fingerprint density at radius 1 is 0.773 bits per heavy atom. The van der Waals surface area contributed by atoms with Gasteiger partial charge >= 0.3 is 0 Å². The van der Waals surface area contributed by atoms with E-state index in [1.165, 1.54) is 0 Å². The van der Waals surface area contributed by atoms with E-state index in [2.05, 4.69) is 0 Å². The molecule has 0 saturated heterocycles. The molecule has 4 rings (SSSR count). The number of hydrogen-bond acceptors (Lipinski definition) is 1. The van der Waals surface area contributed by atoms with Gasteiger partial charge in [-0.3, -0.25) is 4.79 Å². The molecular weight excluding hydrogens is 292 g/mol. The van der Waals surface area contributed by atoms with Crippen LogP contribution >= 0.6 is 11.6 Å². The first-order valence-corrected chi connectivity index (χ1v) is 7.58. The Bertz CT molecular complexity index is 925. The Morgan fingerprint density at radius 2 is 1.45 bits per heavy atom. The first-order valence-electron chi connectivity index (χ1n) is 7.20. The Balaban J connectivity index is 1.99. The second-order valence-electron chi connectivity index (χ2n) is 5.57. The summed E-state index contributed by atoms with van der Waals surface area (Å²) in [5, 5.41) is 0.742. The maximum Gasteiger partial charge on any atom is 0.194 e. The molecule has 0 bridgehead atoms. The molecule has 0 heterocycles. The third kappa shape index (κ3) is 1.83. The van der Waals surface area contributed by atoms with E-state index in [9.17, 15) is 4.79 Å². The van der Waals surface area contributed by atoms with Crippen molar-refractivity contribution in [2.24, 2.45) is 0 Å². The van der Waals surface area contributed by atoms with E-state index in [1.807, 2.05) is 67.6 Å². The van der Waals surface area contributed by atoms with E-state index >= 15 is 0 Å². The first-order chi connectivity index (χ1) is 10.7. The van der Waals surface area contributed by atoms with Gasteiger partial charge in [-0.05, 0) is 46.9 Å².